The van der Waals surface area contributed by atoms with Gasteiger partial charge in [-0.15, -0.1) is 0 Å². The lowest BCUT2D eigenvalue weighted by Crippen LogP contribution is -2.41. The zero-order chi connectivity index (χ0) is 20.5. The number of benzene rings is 2. The molecule has 2 aromatic rings. The van der Waals surface area contributed by atoms with Crippen LogP contribution in [0.3, 0.4) is 0 Å². The minimum absolute atomic E-state index is 0.251. The number of carbonyl (C=O) groups excluding carboxylic acids is 3. The molecule has 1 heterocycles. The molecule has 2 aromatic carbocycles. The lowest BCUT2D eigenvalue weighted by Gasteiger charge is -2.23. The van der Waals surface area contributed by atoms with Crippen molar-refractivity contribution < 1.29 is 14.4 Å². The van der Waals surface area contributed by atoms with Crippen LogP contribution in [0.2, 0.25) is 5.02 Å². The molecule has 146 valence electrons. The van der Waals surface area contributed by atoms with Crippen LogP contribution in [0.25, 0.3) is 0 Å². The lowest BCUT2D eigenvalue weighted by atomic mass is 9.92. The van der Waals surface area contributed by atoms with E-state index in [0.717, 1.165) is 22.4 Å². The van der Waals surface area contributed by atoms with E-state index in [9.17, 15) is 14.4 Å². The lowest BCUT2D eigenvalue weighted by molar-refractivity contribution is -0.130. The van der Waals surface area contributed by atoms with Crippen LogP contribution in [0.4, 0.5) is 4.79 Å². The van der Waals surface area contributed by atoms with Gasteiger partial charge in [-0.2, -0.15) is 0 Å². The highest BCUT2D eigenvalue weighted by atomic mass is 35.5. The molecule has 6 heteroatoms. The smallest absolute Gasteiger partial charge is 0.319 e. The normalized spacial score (nSPS) is 19.1. The molecule has 0 aromatic heterocycles. The fraction of sp³-hybridized carbons (Fsp3) is 0.318. The monoisotopic (exact) mass is 398 g/mol. The molecule has 0 radical (unpaired) electrons. The van der Waals surface area contributed by atoms with Gasteiger partial charge in [0.1, 0.15) is 5.54 Å². The van der Waals surface area contributed by atoms with E-state index in [2.05, 4.69) is 5.32 Å². The van der Waals surface area contributed by atoms with Gasteiger partial charge < -0.3 is 5.32 Å². The van der Waals surface area contributed by atoms with E-state index in [4.69, 9.17) is 11.6 Å². The highest BCUT2D eigenvalue weighted by molar-refractivity contribution is 6.32. The average molecular weight is 399 g/mol. The first-order valence-electron chi connectivity index (χ1n) is 9.36. The molecule has 3 amide bonds. The zero-order valence-electron chi connectivity index (χ0n) is 16.2. The van der Waals surface area contributed by atoms with Crippen LogP contribution in [0, 0.1) is 0 Å². The Labute approximate surface area is 169 Å². The molecule has 0 bridgehead atoms. The maximum Gasteiger partial charge on any atom is 0.325 e. The molecular weight excluding hydrogens is 376 g/mol. The molecule has 0 aliphatic carbocycles. The van der Waals surface area contributed by atoms with E-state index in [-0.39, 0.29) is 12.3 Å². The van der Waals surface area contributed by atoms with Gasteiger partial charge in [-0.3, -0.25) is 14.5 Å². The van der Waals surface area contributed by atoms with E-state index in [1.165, 1.54) is 0 Å². The fourth-order valence-corrected chi connectivity index (χ4v) is 3.85. The van der Waals surface area contributed by atoms with E-state index < -0.39 is 17.5 Å². The number of rotatable bonds is 6. The van der Waals surface area contributed by atoms with Crippen molar-refractivity contribution in [2.45, 2.75) is 39.2 Å². The molecule has 1 fully saturated rings. The third-order valence-electron chi connectivity index (χ3n) is 5.25. The van der Waals surface area contributed by atoms with Crippen molar-refractivity contribution in [3.05, 3.63) is 69.7 Å². The fourth-order valence-electron chi connectivity index (χ4n) is 3.53. The number of hydrogen-bond donors (Lipinski definition) is 1. The van der Waals surface area contributed by atoms with Gasteiger partial charge in [-0.1, -0.05) is 55.8 Å². The van der Waals surface area contributed by atoms with Crippen LogP contribution in [0.5, 0.6) is 0 Å². The van der Waals surface area contributed by atoms with Gasteiger partial charge in [0.05, 0.1) is 6.54 Å². The molecule has 1 N–H and O–H groups in total. The summed E-state index contributed by atoms with van der Waals surface area (Å²) >= 11 is 6.24. The number of urea groups is 1. The van der Waals surface area contributed by atoms with Crippen LogP contribution in [-0.4, -0.2) is 29.2 Å². The molecule has 1 saturated heterocycles. The summed E-state index contributed by atoms with van der Waals surface area (Å²) in [5, 5.41) is 3.08. The summed E-state index contributed by atoms with van der Waals surface area (Å²) in [5.41, 5.74) is 1.72. The summed E-state index contributed by atoms with van der Waals surface area (Å²) in [5.74, 6) is -0.734. The topological polar surface area (TPSA) is 66.5 Å². The first-order chi connectivity index (χ1) is 13.3. The molecule has 28 heavy (non-hydrogen) atoms. The van der Waals surface area contributed by atoms with Crippen molar-refractivity contribution in [3.8, 4) is 0 Å². The first-order valence-corrected chi connectivity index (χ1v) is 9.73. The molecule has 1 atom stereocenters. The second-order valence-electron chi connectivity index (χ2n) is 7.05. The van der Waals surface area contributed by atoms with Gasteiger partial charge in [-0.05, 0) is 43.0 Å². The van der Waals surface area contributed by atoms with Crippen LogP contribution in [0.1, 0.15) is 47.8 Å². The zero-order valence-corrected chi connectivity index (χ0v) is 17.0. The summed E-state index contributed by atoms with van der Waals surface area (Å²) in [6, 6.07) is 12.1. The number of halogens is 1. The summed E-state index contributed by atoms with van der Waals surface area (Å²) in [7, 11) is 0. The molecule has 0 unspecified atom stereocenters. The van der Waals surface area contributed by atoms with E-state index in [0.29, 0.717) is 22.6 Å². The largest absolute Gasteiger partial charge is 0.325 e. The molecule has 0 saturated carbocycles. The van der Waals surface area contributed by atoms with E-state index in [1.54, 1.807) is 31.2 Å². The van der Waals surface area contributed by atoms with Crippen molar-refractivity contribution in [1.29, 1.82) is 0 Å². The minimum Gasteiger partial charge on any atom is -0.319 e. The highest BCUT2D eigenvalue weighted by Crippen LogP contribution is 2.33. The van der Waals surface area contributed by atoms with Crippen molar-refractivity contribution in [1.82, 2.24) is 10.2 Å². The minimum atomic E-state index is -1.30. The summed E-state index contributed by atoms with van der Waals surface area (Å²) in [6.45, 7) is 5.29. The number of amides is 3. The van der Waals surface area contributed by atoms with Gasteiger partial charge in [0, 0.05) is 16.1 Å². The van der Waals surface area contributed by atoms with Crippen LogP contribution in [0.15, 0.2) is 42.5 Å². The van der Waals surface area contributed by atoms with Crippen LogP contribution < -0.4 is 5.32 Å². The Kier molecular flexibility index (Phi) is 5.57. The van der Waals surface area contributed by atoms with Gasteiger partial charge in [-0.25, -0.2) is 4.79 Å². The van der Waals surface area contributed by atoms with Crippen LogP contribution >= 0.6 is 11.6 Å². The van der Waals surface area contributed by atoms with Crippen molar-refractivity contribution in [3.63, 3.8) is 0 Å². The Balaban J connectivity index is 1.90. The average Bonchev–Trinajstić information content (AvgIpc) is 2.91. The van der Waals surface area contributed by atoms with E-state index in [1.807, 2.05) is 32.0 Å². The van der Waals surface area contributed by atoms with Gasteiger partial charge in [0.15, 0.2) is 5.78 Å². The number of hydrogen-bond acceptors (Lipinski definition) is 3. The SMILES string of the molecule is CCc1ccc(CC)c(C(=O)CN2C(=O)N[C@](C)(c3ccccc3Cl)C2=O)c1. The molecule has 0 spiro atoms. The first kappa shape index (κ1) is 20.1. The molecular formula is C22H23ClN2O3. The van der Waals surface area contributed by atoms with Crippen molar-refractivity contribution in [2.24, 2.45) is 0 Å². The highest BCUT2D eigenvalue weighted by Gasteiger charge is 2.50. The maximum absolute atomic E-state index is 13.1. The Morgan fingerprint density at radius 2 is 1.82 bits per heavy atom. The Hall–Kier alpha value is -2.66. The third kappa shape index (κ3) is 3.42. The predicted octanol–water partition coefficient (Wildman–Crippen LogP) is 4.11. The number of aryl methyl sites for hydroxylation is 2. The van der Waals surface area contributed by atoms with Gasteiger partial charge >= 0.3 is 6.03 Å². The van der Waals surface area contributed by atoms with Gasteiger partial charge in [0.2, 0.25) is 0 Å². The predicted molar refractivity (Wildman–Crippen MR) is 109 cm³/mol. The Morgan fingerprint density at radius 1 is 1.11 bits per heavy atom. The number of Topliss-reactive ketones (excluding diaryl/α,β-unsaturated/α-hetero) is 1. The number of imide groups is 1. The van der Waals surface area contributed by atoms with Gasteiger partial charge in [0.25, 0.3) is 5.91 Å². The molecule has 3 rings (SSSR count). The van der Waals surface area contributed by atoms with Crippen LogP contribution in [-0.2, 0) is 23.2 Å². The maximum atomic E-state index is 13.1. The number of nitrogens with one attached hydrogen (secondary N) is 1. The van der Waals surface area contributed by atoms with Crippen molar-refractivity contribution in [2.75, 3.05) is 6.54 Å². The molecule has 5 nitrogen and oxygen atoms in total. The quantitative estimate of drug-likeness (QED) is 0.588. The van der Waals surface area contributed by atoms with Crippen molar-refractivity contribution >= 4 is 29.3 Å². The second kappa shape index (κ2) is 7.76. The number of carbonyl (C=O) groups is 3. The molecule has 1 aliphatic rings. The summed E-state index contributed by atoms with van der Waals surface area (Å²) < 4.78 is 0. The molecule has 1 aliphatic heterocycles. The third-order valence-corrected chi connectivity index (χ3v) is 5.58. The Morgan fingerprint density at radius 3 is 2.46 bits per heavy atom. The second-order valence-corrected chi connectivity index (χ2v) is 7.46. The number of ketones is 1. The summed E-state index contributed by atoms with van der Waals surface area (Å²) in [4.78, 5) is 39.5. The van der Waals surface area contributed by atoms with E-state index >= 15 is 0 Å². The number of nitrogens with zero attached hydrogens (tertiary/aromatic N) is 1. The standard InChI is InChI=1S/C22H23ClN2O3/c1-4-14-10-11-15(5-2)16(12-14)19(26)13-25-20(27)22(3,24-21(25)28)17-8-6-7-9-18(17)23/h6-12H,4-5,13H2,1-3H3,(H,24,28)/t22-/m1/s1. The summed E-state index contributed by atoms with van der Waals surface area (Å²) in [6.07, 6.45) is 1.50. The Bertz CT molecular complexity index is 957.